The molecule has 2 aliphatic carbocycles. The van der Waals surface area contributed by atoms with Crippen molar-refractivity contribution in [2.45, 2.75) is 10.8 Å². The fourth-order valence-corrected chi connectivity index (χ4v) is 12.4. The molecule has 0 N–H and O–H groups in total. The molecule has 0 saturated heterocycles. The van der Waals surface area contributed by atoms with Crippen molar-refractivity contribution in [3.63, 3.8) is 0 Å². The first-order valence-electron chi connectivity index (χ1n) is 23.7. The van der Waals surface area contributed by atoms with Crippen LogP contribution < -0.4 is 4.90 Å². The largest absolute Gasteiger partial charge is 0.310 e. The van der Waals surface area contributed by atoms with Crippen molar-refractivity contribution >= 4 is 49.6 Å². The minimum atomic E-state index is -0.672. The maximum atomic E-state index is 2.47. The van der Waals surface area contributed by atoms with E-state index in [2.05, 4.69) is 276 Å². The van der Waals surface area contributed by atoms with Gasteiger partial charge in [-0.3, -0.25) is 0 Å². The predicted molar refractivity (Wildman–Crippen MR) is 282 cm³/mol. The Bertz CT molecular complexity index is 3930. The van der Waals surface area contributed by atoms with Crippen molar-refractivity contribution in [2.75, 3.05) is 4.90 Å². The first kappa shape index (κ1) is 38.5. The molecular weight excluding hydrogens is 821 g/mol. The molecule has 2 aliphatic rings. The average Bonchev–Trinajstić information content (AvgIpc) is 3.91. The zero-order chi connectivity index (χ0) is 44.8. The second-order valence-corrected chi connectivity index (χ2v) is 18.4. The summed E-state index contributed by atoms with van der Waals surface area (Å²) in [6.45, 7) is 0. The second kappa shape index (κ2) is 14.9. The van der Waals surface area contributed by atoms with Crippen LogP contribution in [0.2, 0.25) is 0 Å². The summed E-state index contributed by atoms with van der Waals surface area (Å²) in [7, 11) is 0. The number of hydrogen-bond acceptors (Lipinski definition) is 1. The number of nitrogens with zero attached hydrogens (tertiary/aromatic N) is 2. The van der Waals surface area contributed by atoms with Crippen LogP contribution in [0.15, 0.2) is 267 Å². The third-order valence-electron chi connectivity index (χ3n) is 15.1. The molecule has 0 saturated carbocycles. The molecule has 11 aromatic carbocycles. The van der Waals surface area contributed by atoms with E-state index in [-0.39, 0.29) is 0 Å². The first-order chi connectivity index (χ1) is 33.7. The predicted octanol–water partition coefficient (Wildman–Crippen LogP) is 16.5. The van der Waals surface area contributed by atoms with Crippen LogP contribution in [0.3, 0.4) is 0 Å². The van der Waals surface area contributed by atoms with Gasteiger partial charge in [0.1, 0.15) is 0 Å². The first-order valence-corrected chi connectivity index (χ1v) is 23.7. The Kier molecular flexibility index (Phi) is 8.45. The molecule has 2 atom stereocenters. The van der Waals surface area contributed by atoms with Crippen LogP contribution >= 0.6 is 0 Å². The van der Waals surface area contributed by atoms with Gasteiger partial charge in [0.2, 0.25) is 0 Å². The zero-order valence-electron chi connectivity index (χ0n) is 37.3. The summed E-state index contributed by atoms with van der Waals surface area (Å²) in [5.41, 5.74) is 18.5. The van der Waals surface area contributed by atoms with Crippen LogP contribution in [0, 0.1) is 0 Å². The SMILES string of the molecule is c1ccc(N(c2cccc(C3(c4ccccc4)c4ccccc4C4(c5ccccc5)c5ccccc5-c5cccc3c54)c2)c2ccc3c4ccccc4n(-c4ccc5ccccc5c4)c3c2)cc1. The molecule has 0 bridgehead atoms. The maximum Gasteiger partial charge on any atom is 0.0720 e. The Morgan fingerprint density at radius 2 is 0.838 bits per heavy atom. The van der Waals surface area contributed by atoms with E-state index in [1.54, 1.807) is 0 Å². The summed E-state index contributed by atoms with van der Waals surface area (Å²) in [4.78, 5) is 2.44. The fourth-order valence-electron chi connectivity index (χ4n) is 12.4. The highest BCUT2D eigenvalue weighted by Gasteiger charge is 2.57. The van der Waals surface area contributed by atoms with E-state index in [9.17, 15) is 0 Å². The highest BCUT2D eigenvalue weighted by atomic mass is 15.1. The van der Waals surface area contributed by atoms with Gasteiger partial charge in [-0.05, 0) is 121 Å². The number of fused-ring (bicyclic) bond motifs is 9. The highest BCUT2D eigenvalue weighted by molar-refractivity contribution is 6.10. The Labute approximate surface area is 396 Å². The van der Waals surface area contributed by atoms with Crippen LogP contribution in [0.25, 0.3) is 49.4 Å². The van der Waals surface area contributed by atoms with Gasteiger partial charge >= 0.3 is 0 Å². The van der Waals surface area contributed by atoms with Gasteiger partial charge < -0.3 is 9.47 Å². The van der Waals surface area contributed by atoms with E-state index < -0.39 is 10.8 Å². The Hall–Kier alpha value is -8.72. The summed E-state index contributed by atoms with van der Waals surface area (Å²) >= 11 is 0. The topological polar surface area (TPSA) is 8.17 Å². The van der Waals surface area contributed by atoms with Gasteiger partial charge in [-0.25, -0.2) is 0 Å². The van der Waals surface area contributed by atoms with Crippen molar-refractivity contribution in [3.05, 3.63) is 311 Å². The summed E-state index contributed by atoms with van der Waals surface area (Å²) in [5, 5.41) is 4.92. The third-order valence-corrected chi connectivity index (χ3v) is 15.1. The molecule has 14 rings (SSSR count). The Morgan fingerprint density at radius 1 is 0.294 bits per heavy atom. The molecule has 0 radical (unpaired) electrons. The summed E-state index contributed by atoms with van der Waals surface area (Å²) in [5.74, 6) is 0. The van der Waals surface area contributed by atoms with E-state index in [0.29, 0.717) is 0 Å². The monoisotopic (exact) mass is 864 g/mol. The lowest BCUT2D eigenvalue weighted by Gasteiger charge is -2.49. The standard InChI is InChI=1S/C66H44N2/c1-4-22-47(23-5-1)65(59-34-15-16-35-60(59)66(48-24-6-2-7-25-48)58-33-14-12-30-54(58)57-32-19-36-61(65)64(57)66)49-26-18-29-51(43-49)67(50-27-8-3-9-28-50)53-40-41-56-55-31-13-17-37-62(55)68(63(56)44-53)52-39-38-45-20-10-11-21-46(45)42-52/h1-44H. The molecule has 2 heteroatoms. The van der Waals surface area contributed by atoms with E-state index >= 15 is 0 Å². The molecular formula is C66H44N2. The molecule has 0 spiro atoms. The van der Waals surface area contributed by atoms with Gasteiger partial charge in [0.15, 0.2) is 0 Å². The van der Waals surface area contributed by atoms with Gasteiger partial charge in [-0.15, -0.1) is 0 Å². The van der Waals surface area contributed by atoms with Crippen molar-refractivity contribution in [2.24, 2.45) is 0 Å². The van der Waals surface area contributed by atoms with Gasteiger partial charge in [-0.2, -0.15) is 0 Å². The molecule has 0 aliphatic heterocycles. The highest BCUT2D eigenvalue weighted by Crippen LogP contribution is 2.66. The van der Waals surface area contributed by atoms with Crippen LogP contribution in [-0.4, -0.2) is 4.57 Å². The number of aromatic nitrogens is 1. The quantitative estimate of drug-likeness (QED) is 0.155. The number of rotatable bonds is 7. The number of anilines is 3. The average molecular weight is 865 g/mol. The second-order valence-electron chi connectivity index (χ2n) is 18.4. The lowest BCUT2D eigenvalue weighted by atomic mass is 9.51. The summed E-state index contributed by atoms with van der Waals surface area (Å²) in [6.07, 6.45) is 0. The fraction of sp³-hybridized carbons (Fsp3) is 0.0303. The number of hydrogen-bond donors (Lipinski definition) is 0. The van der Waals surface area contributed by atoms with Gasteiger partial charge in [0.05, 0.1) is 21.9 Å². The minimum Gasteiger partial charge on any atom is -0.310 e. The molecule has 0 amide bonds. The van der Waals surface area contributed by atoms with Gasteiger partial charge in [0.25, 0.3) is 0 Å². The maximum absolute atomic E-state index is 2.47. The third kappa shape index (κ3) is 5.29. The van der Waals surface area contributed by atoms with E-state index in [1.165, 1.54) is 82.7 Å². The van der Waals surface area contributed by atoms with Crippen molar-refractivity contribution in [3.8, 4) is 16.8 Å². The van der Waals surface area contributed by atoms with Crippen LogP contribution in [0.4, 0.5) is 17.1 Å². The lowest BCUT2D eigenvalue weighted by molar-refractivity contribution is 0.627. The van der Waals surface area contributed by atoms with Crippen molar-refractivity contribution in [1.29, 1.82) is 0 Å². The zero-order valence-corrected chi connectivity index (χ0v) is 37.3. The molecule has 1 heterocycles. The minimum absolute atomic E-state index is 0.509. The molecule has 12 aromatic rings. The van der Waals surface area contributed by atoms with Gasteiger partial charge in [-0.1, -0.05) is 212 Å². The molecule has 0 fully saturated rings. The van der Waals surface area contributed by atoms with Crippen LogP contribution in [-0.2, 0) is 10.8 Å². The summed E-state index contributed by atoms with van der Waals surface area (Å²) in [6, 6.07) is 99.5. The van der Waals surface area contributed by atoms with Crippen molar-refractivity contribution < 1.29 is 0 Å². The molecule has 318 valence electrons. The van der Waals surface area contributed by atoms with Crippen molar-refractivity contribution in [1.82, 2.24) is 4.57 Å². The summed E-state index contributed by atoms with van der Waals surface area (Å²) < 4.78 is 2.44. The van der Waals surface area contributed by atoms with E-state index in [1.807, 2.05) is 0 Å². The normalized spacial score (nSPS) is 16.6. The molecule has 1 aromatic heterocycles. The van der Waals surface area contributed by atoms with E-state index in [4.69, 9.17) is 0 Å². The van der Waals surface area contributed by atoms with Crippen LogP contribution in [0.5, 0.6) is 0 Å². The molecule has 2 nitrogen and oxygen atoms in total. The number of benzene rings is 11. The Balaban J connectivity index is 1.04. The molecule has 2 unspecified atom stereocenters. The molecule has 68 heavy (non-hydrogen) atoms. The smallest absolute Gasteiger partial charge is 0.0720 e. The number of para-hydroxylation sites is 2. The lowest BCUT2D eigenvalue weighted by Crippen LogP contribution is -2.44. The van der Waals surface area contributed by atoms with E-state index in [0.717, 1.165) is 28.3 Å². The Morgan fingerprint density at radius 3 is 1.63 bits per heavy atom. The van der Waals surface area contributed by atoms with Gasteiger partial charge in [0, 0.05) is 33.5 Å². The van der Waals surface area contributed by atoms with Crippen LogP contribution in [0.1, 0.15) is 44.5 Å².